The average Bonchev–Trinajstić information content (AvgIpc) is 2.45. The molecule has 2 atom stereocenters. The van der Waals surface area contributed by atoms with Gasteiger partial charge in [0, 0.05) is 13.1 Å². The SMILES string of the molecule is CC(C)CCS(=O)(=O)N1CC(O)C(O)C1. The summed E-state index contributed by atoms with van der Waals surface area (Å²) in [6, 6.07) is 0. The van der Waals surface area contributed by atoms with Gasteiger partial charge in [-0.2, -0.15) is 4.31 Å². The van der Waals surface area contributed by atoms with Crippen LogP contribution in [-0.2, 0) is 10.0 Å². The van der Waals surface area contributed by atoms with E-state index in [0.29, 0.717) is 12.3 Å². The summed E-state index contributed by atoms with van der Waals surface area (Å²) < 4.78 is 24.6. The molecule has 0 radical (unpaired) electrons. The lowest BCUT2D eigenvalue weighted by atomic mass is 10.2. The smallest absolute Gasteiger partial charge is 0.214 e. The Morgan fingerprint density at radius 1 is 1.27 bits per heavy atom. The van der Waals surface area contributed by atoms with Gasteiger partial charge in [-0.25, -0.2) is 8.42 Å². The number of β-amino-alcohol motifs (C(OH)–C–C–N with tert-alkyl or cyclic N) is 2. The van der Waals surface area contributed by atoms with E-state index in [0.717, 1.165) is 0 Å². The van der Waals surface area contributed by atoms with Gasteiger partial charge in [0.15, 0.2) is 0 Å². The minimum Gasteiger partial charge on any atom is -0.389 e. The Morgan fingerprint density at radius 2 is 1.73 bits per heavy atom. The fourth-order valence-electron chi connectivity index (χ4n) is 1.48. The summed E-state index contributed by atoms with van der Waals surface area (Å²) in [5, 5.41) is 18.5. The molecule has 1 saturated heterocycles. The molecule has 0 aromatic heterocycles. The third kappa shape index (κ3) is 3.41. The largest absolute Gasteiger partial charge is 0.389 e. The maximum Gasteiger partial charge on any atom is 0.214 e. The van der Waals surface area contributed by atoms with Crippen molar-refractivity contribution in [2.24, 2.45) is 5.92 Å². The molecule has 6 heteroatoms. The third-order valence-electron chi connectivity index (χ3n) is 2.57. The molecule has 1 aliphatic heterocycles. The molecule has 0 aromatic rings. The van der Waals surface area contributed by atoms with Crippen molar-refractivity contribution in [3.8, 4) is 0 Å². The highest BCUT2D eigenvalue weighted by atomic mass is 32.2. The summed E-state index contributed by atoms with van der Waals surface area (Å²) in [4.78, 5) is 0. The quantitative estimate of drug-likeness (QED) is 0.684. The molecule has 90 valence electrons. The van der Waals surface area contributed by atoms with E-state index < -0.39 is 22.2 Å². The Labute approximate surface area is 90.8 Å². The first-order chi connectivity index (χ1) is 6.83. The predicted octanol–water partition coefficient (Wildman–Crippen LogP) is -0.600. The van der Waals surface area contributed by atoms with Crippen LogP contribution in [0.25, 0.3) is 0 Å². The Kier molecular flexibility index (Phi) is 4.11. The highest BCUT2D eigenvalue weighted by Crippen LogP contribution is 2.16. The molecular weight excluding hydrogens is 218 g/mol. The van der Waals surface area contributed by atoms with Crippen LogP contribution in [0.5, 0.6) is 0 Å². The van der Waals surface area contributed by atoms with Gasteiger partial charge in [0.05, 0.1) is 18.0 Å². The standard InChI is InChI=1S/C9H19NO4S/c1-7(2)3-4-15(13,14)10-5-8(11)9(12)6-10/h7-9,11-12H,3-6H2,1-2H3. The van der Waals surface area contributed by atoms with Gasteiger partial charge in [0.1, 0.15) is 0 Å². The zero-order valence-corrected chi connectivity index (χ0v) is 9.94. The average molecular weight is 237 g/mol. The molecule has 0 bridgehead atoms. The molecule has 5 nitrogen and oxygen atoms in total. The van der Waals surface area contributed by atoms with Crippen molar-refractivity contribution >= 4 is 10.0 Å². The van der Waals surface area contributed by atoms with Crippen molar-refractivity contribution < 1.29 is 18.6 Å². The Hall–Kier alpha value is -0.170. The lowest BCUT2D eigenvalue weighted by Crippen LogP contribution is -2.32. The number of aliphatic hydroxyl groups is 2. The first-order valence-corrected chi connectivity index (χ1v) is 6.78. The van der Waals surface area contributed by atoms with E-state index in [9.17, 15) is 18.6 Å². The van der Waals surface area contributed by atoms with Crippen LogP contribution in [0.3, 0.4) is 0 Å². The molecule has 1 fully saturated rings. The Morgan fingerprint density at radius 3 is 2.13 bits per heavy atom. The van der Waals surface area contributed by atoms with Crippen LogP contribution >= 0.6 is 0 Å². The van der Waals surface area contributed by atoms with Crippen molar-refractivity contribution in [1.82, 2.24) is 4.31 Å². The number of rotatable bonds is 4. The van der Waals surface area contributed by atoms with E-state index in [1.807, 2.05) is 13.8 Å². The normalized spacial score (nSPS) is 28.9. The van der Waals surface area contributed by atoms with E-state index in [-0.39, 0.29) is 18.8 Å². The Balaban J connectivity index is 2.56. The second-order valence-electron chi connectivity index (χ2n) is 4.45. The van der Waals surface area contributed by atoms with Crippen LogP contribution in [0.4, 0.5) is 0 Å². The van der Waals surface area contributed by atoms with Gasteiger partial charge in [0.25, 0.3) is 0 Å². The minimum absolute atomic E-state index is 0.0155. The number of hydrogen-bond donors (Lipinski definition) is 2. The fourth-order valence-corrected chi connectivity index (χ4v) is 3.26. The molecule has 1 aliphatic rings. The van der Waals surface area contributed by atoms with E-state index in [4.69, 9.17) is 0 Å². The molecule has 1 heterocycles. The van der Waals surface area contributed by atoms with E-state index in [1.54, 1.807) is 0 Å². The summed E-state index contributed by atoms with van der Waals surface area (Å²) in [5.74, 6) is 0.418. The maximum absolute atomic E-state index is 11.7. The number of aliphatic hydroxyl groups excluding tert-OH is 2. The molecule has 0 aromatic carbocycles. The van der Waals surface area contributed by atoms with Crippen LogP contribution in [0.15, 0.2) is 0 Å². The van der Waals surface area contributed by atoms with Gasteiger partial charge in [-0.1, -0.05) is 13.8 Å². The molecule has 1 rings (SSSR count). The molecule has 15 heavy (non-hydrogen) atoms. The van der Waals surface area contributed by atoms with Crippen molar-refractivity contribution in [2.75, 3.05) is 18.8 Å². The van der Waals surface area contributed by atoms with Crippen LogP contribution in [-0.4, -0.2) is 54.0 Å². The molecular formula is C9H19NO4S. The second-order valence-corrected chi connectivity index (χ2v) is 6.54. The van der Waals surface area contributed by atoms with Crippen LogP contribution in [0, 0.1) is 5.92 Å². The summed E-state index contributed by atoms with van der Waals surface area (Å²) >= 11 is 0. The Bertz CT molecular complexity index is 291. The minimum atomic E-state index is -3.31. The predicted molar refractivity (Wildman–Crippen MR) is 56.8 cm³/mol. The molecule has 2 N–H and O–H groups in total. The first kappa shape index (κ1) is 12.9. The van der Waals surface area contributed by atoms with Gasteiger partial charge >= 0.3 is 0 Å². The van der Waals surface area contributed by atoms with Crippen LogP contribution < -0.4 is 0 Å². The number of sulfonamides is 1. The number of nitrogens with zero attached hydrogens (tertiary/aromatic N) is 1. The van der Waals surface area contributed by atoms with Crippen LogP contribution in [0.1, 0.15) is 20.3 Å². The van der Waals surface area contributed by atoms with Crippen LogP contribution in [0.2, 0.25) is 0 Å². The second kappa shape index (κ2) is 4.78. The number of hydrogen-bond acceptors (Lipinski definition) is 4. The fraction of sp³-hybridized carbons (Fsp3) is 1.00. The van der Waals surface area contributed by atoms with Crippen molar-refractivity contribution in [2.45, 2.75) is 32.5 Å². The molecule has 0 aliphatic carbocycles. The molecule has 0 saturated carbocycles. The maximum atomic E-state index is 11.7. The lowest BCUT2D eigenvalue weighted by molar-refractivity contribution is 0.0572. The van der Waals surface area contributed by atoms with Gasteiger partial charge < -0.3 is 10.2 Å². The monoisotopic (exact) mass is 237 g/mol. The highest BCUT2D eigenvalue weighted by Gasteiger charge is 2.36. The van der Waals surface area contributed by atoms with Gasteiger partial charge in [0.2, 0.25) is 10.0 Å². The lowest BCUT2D eigenvalue weighted by Gasteiger charge is -2.16. The molecule has 2 unspecified atom stereocenters. The van der Waals surface area contributed by atoms with Gasteiger partial charge in [-0.3, -0.25) is 0 Å². The summed E-state index contributed by atoms with van der Waals surface area (Å²) in [5.41, 5.74) is 0. The van der Waals surface area contributed by atoms with Crippen molar-refractivity contribution in [1.29, 1.82) is 0 Å². The molecule has 0 spiro atoms. The molecule has 0 amide bonds. The zero-order valence-electron chi connectivity index (χ0n) is 9.13. The van der Waals surface area contributed by atoms with E-state index in [2.05, 4.69) is 0 Å². The summed E-state index contributed by atoms with van der Waals surface area (Å²) in [6.07, 6.45) is -1.29. The van der Waals surface area contributed by atoms with Gasteiger partial charge in [-0.15, -0.1) is 0 Å². The van der Waals surface area contributed by atoms with Crippen molar-refractivity contribution in [3.63, 3.8) is 0 Å². The van der Waals surface area contributed by atoms with E-state index >= 15 is 0 Å². The summed E-state index contributed by atoms with van der Waals surface area (Å²) in [7, 11) is -3.31. The van der Waals surface area contributed by atoms with E-state index in [1.165, 1.54) is 4.31 Å². The van der Waals surface area contributed by atoms with Crippen molar-refractivity contribution in [3.05, 3.63) is 0 Å². The highest BCUT2D eigenvalue weighted by molar-refractivity contribution is 7.89. The van der Waals surface area contributed by atoms with Gasteiger partial charge in [-0.05, 0) is 12.3 Å². The third-order valence-corrected chi connectivity index (χ3v) is 4.41. The topological polar surface area (TPSA) is 77.8 Å². The first-order valence-electron chi connectivity index (χ1n) is 5.17. The summed E-state index contributed by atoms with van der Waals surface area (Å²) in [6.45, 7) is 3.95. The zero-order chi connectivity index (χ0) is 11.6.